The molecule has 2 fully saturated rings. The van der Waals surface area contributed by atoms with Gasteiger partial charge in [-0.15, -0.1) is 0 Å². The lowest BCUT2D eigenvalue weighted by molar-refractivity contribution is -0.156. The van der Waals surface area contributed by atoms with Gasteiger partial charge in [-0.05, 0) is 32.7 Å². The van der Waals surface area contributed by atoms with E-state index in [1.807, 2.05) is 6.92 Å². The predicted octanol–water partition coefficient (Wildman–Crippen LogP) is 1.45. The van der Waals surface area contributed by atoms with Crippen molar-refractivity contribution in [3.8, 4) is 0 Å². The van der Waals surface area contributed by atoms with Gasteiger partial charge in [0.1, 0.15) is 11.7 Å². The van der Waals surface area contributed by atoms with E-state index in [2.05, 4.69) is 5.32 Å². The van der Waals surface area contributed by atoms with E-state index >= 15 is 0 Å². The van der Waals surface area contributed by atoms with Gasteiger partial charge in [0.15, 0.2) is 0 Å². The van der Waals surface area contributed by atoms with Gasteiger partial charge < -0.3 is 10.2 Å². The molecule has 2 saturated heterocycles. The first-order valence-electron chi connectivity index (χ1n) is 7.15. The number of halogens is 2. The number of likely N-dealkylation sites (tertiary alicyclic amines) is 1. The summed E-state index contributed by atoms with van der Waals surface area (Å²) in [6, 6.07) is 0. The number of Topliss-reactive ketones (excluding diaryl/α,β-unsaturated/α-hetero) is 1. The molecule has 0 aromatic heterocycles. The Morgan fingerprint density at radius 1 is 1.25 bits per heavy atom. The van der Waals surface area contributed by atoms with Gasteiger partial charge in [0.05, 0.1) is 6.54 Å². The second-order valence-corrected chi connectivity index (χ2v) is 6.22. The van der Waals surface area contributed by atoms with E-state index in [9.17, 15) is 18.4 Å². The maximum absolute atomic E-state index is 13.8. The Balaban J connectivity index is 2.00. The average molecular weight is 288 g/mol. The third-order valence-electron chi connectivity index (χ3n) is 4.81. The first kappa shape index (κ1) is 15.4. The SMILES string of the molecule is CC(=O)C1(C)CCN(C(=O)C2CCNCC2(F)F)CC1. The molecule has 0 aromatic carbocycles. The number of rotatable bonds is 2. The Hall–Kier alpha value is -1.04. The molecule has 6 heteroatoms. The van der Waals surface area contributed by atoms with Crippen molar-refractivity contribution in [2.45, 2.75) is 39.0 Å². The van der Waals surface area contributed by atoms with E-state index in [4.69, 9.17) is 0 Å². The molecule has 2 heterocycles. The quantitative estimate of drug-likeness (QED) is 0.836. The number of alkyl halides is 2. The van der Waals surface area contributed by atoms with Gasteiger partial charge in [-0.2, -0.15) is 0 Å². The Morgan fingerprint density at radius 2 is 1.85 bits per heavy atom. The van der Waals surface area contributed by atoms with Gasteiger partial charge in [-0.3, -0.25) is 9.59 Å². The zero-order valence-corrected chi connectivity index (χ0v) is 12.0. The van der Waals surface area contributed by atoms with Crippen LogP contribution in [0.4, 0.5) is 8.78 Å². The number of hydrogen-bond acceptors (Lipinski definition) is 3. The summed E-state index contributed by atoms with van der Waals surface area (Å²) in [5, 5.41) is 2.63. The lowest BCUT2D eigenvalue weighted by atomic mass is 9.77. The lowest BCUT2D eigenvalue weighted by Crippen LogP contribution is -2.55. The molecule has 2 aliphatic heterocycles. The molecule has 0 spiro atoms. The van der Waals surface area contributed by atoms with Crippen LogP contribution < -0.4 is 5.32 Å². The van der Waals surface area contributed by atoms with Crippen LogP contribution in [0, 0.1) is 11.3 Å². The van der Waals surface area contributed by atoms with E-state index in [-0.39, 0.29) is 12.2 Å². The Kier molecular flexibility index (Phi) is 4.14. The number of carbonyl (C=O) groups excluding carboxylic acids is 2. The van der Waals surface area contributed by atoms with Gasteiger partial charge in [0.2, 0.25) is 5.91 Å². The zero-order valence-electron chi connectivity index (χ0n) is 12.0. The molecule has 0 aliphatic carbocycles. The molecule has 0 bridgehead atoms. The molecule has 0 saturated carbocycles. The van der Waals surface area contributed by atoms with Gasteiger partial charge >= 0.3 is 0 Å². The molecule has 114 valence electrons. The summed E-state index contributed by atoms with van der Waals surface area (Å²) in [6.45, 7) is 4.26. The molecule has 2 aliphatic rings. The van der Waals surface area contributed by atoms with E-state index in [1.54, 1.807) is 6.92 Å². The molecule has 1 atom stereocenters. The summed E-state index contributed by atoms with van der Waals surface area (Å²) in [5.74, 6) is -4.54. The number of hydrogen-bond donors (Lipinski definition) is 1. The van der Waals surface area contributed by atoms with E-state index in [0.717, 1.165) is 0 Å². The van der Waals surface area contributed by atoms with Gasteiger partial charge in [-0.25, -0.2) is 8.78 Å². The number of ketones is 1. The number of carbonyl (C=O) groups is 2. The highest BCUT2D eigenvalue weighted by Crippen LogP contribution is 2.35. The highest BCUT2D eigenvalue weighted by molar-refractivity contribution is 5.83. The molecule has 4 nitrogen and oxygen atoms in total. The van der Waals surface area contributed by atoms with E-state index in [1.165, 1.54) is 4.90 Å². The smallest absolute Gasteiger partial charge is 0.271 e. The fraction of sp³-hybridized carbons (Fsp3) is 0.857. The number of nitrogens with zero attached hydrogens (tertiary/aromatic N) is 1. The van der Waals surface area contributed by atoms with E-state index < -0.39 is 29.7 Å². The summed E-state index contributed by atoms with van der Waals surface area (Å²) in [7, 11) is 0. The second kappa shape index (κ2) is 5.39. The Labute approximate surface area is 117 Å². The zero-order chi connectivity index (χ0) is 15.0. The predicted molar refractivity (Wildman–Crippen MR) is 70.5 cm³/mol. The minimum absolute atomic E-state index is 0.108. The second-order valence-electron chi connectivity index (χ2n) is 6.22. The molecule has 2 rings (SSSR count). The molecular weight excluding hydrogens is 266 g/mol. The minimum Gasteiger partial charge on any atom is -0.342 e. The van der Waals surface area contributed by atoms with Crippen LogP contribution in [-0.2, 0) is 9.59 Å². The van der Waals surface area contributed by atoms with Crippen LogP contribution in [0.15, 0.2) is 0 Å². The molecule has 20 heavy (non-hydrogen) atoms. The standard InChI is InChI=1S/C14H22F2N2O2/c1-10(19)13(2)4-7-18(8-5-13)12(20)11-3-6-17-9-14(11,15)16/h11,17H,3-9H2,1-2H3. The van der Waals surface area contributed by atoms with Crippen molar-refractivity contribution in [2.24, 2.45) is 11.3 Å². The van der Waals surface area contributed by atoms with Gasteiger partial charge in [0, 0.05) is 18.5 Å². The van der Waals surface area contributed by atoms with E-state index in [0.29, 0.717) is 32.5 Å². The minimum atomic E-state index is -2.98. The van der Waals surface area contributed by atoms with Crippen molar-refractivity contribution in [2.75, 3.05) is 26.2 Å². The van der Waals surface area contributed by atoms with Crippen LogP contribution in [0.5, 0.6) is 0 Å². The topological polar surface area (TPSA) is 49.4 Å². The molecule has 1 N–H and O–H groups in total. The summed E-state index contributed by atoms with van der Waals surface area (Å²) in [6.07, 6.45) is 1.29. The van der Waals surface area contributed by atoms with Crippen molar-refractivity contribution in [3.05, 3.63) is 0 Å². The van der Waals surface area contributed by atoms with Crippen LogP contribution in [0.25, 0.3) is 0 Å². The first-order valence-corrected chi connectivity index (χ1v) is 7.15. The maximum Gasteiger partial charge on any atom is 0.271 e. The van der Waals surface area contributed by atoms with Gasteiger partial charge in [0.25, 0.3) is 5.92 Å². The summed E-state index contributed by atoms with van der Waals surface area (Å²) in [4.78, 5) is 25.4. The monoisotopic (exact) mass is 288 g/mol. The summed E-state index contributed by atoms with van der Waals surface area (Å²) >= 11 is 0. The highest BCUT2D eigenvalue weighted by Gasteiger charge is 2.48. The maximum atomic E-state index is 13.8. The van der Waals surface area contributed by atoms with Crippen LogP contribution in [0.2, 0.25) is 0 Å². The van der Waals surface area contributed by atoms with Crippen LogP contribution in [0.3, 0.4) is 0 Å². The summed E-state index contributed by atoms with van der Waals surface area (Å²) < 4.78 is 27.6. The van der Waals surface area contributed by atoms with Gasteiger partial charge in [-0.1, -0.05) is 6.92 Å². The van der Waals surface area contributed by atoms with Crippen molar-refractivity contribution in [1.29, 1.82) is 0 Å². The average Bonchev–Trinajstić information content (AvgIpc) is 2.38. The van der Waals surface area contributed by atoms with Crippen molar-refractivity contribution in [3.63, 3.8) is 0 Å². The lowest BCUT2D eigenvalue weighted by Gasteiger charge is -2.41. The third kappa shape index (κ3) is 2.85. The molecule has 0 radical (unpaired) electrons. The highest BCUT2D eigenvalue weighted by atomic mass is 19.3. The number of amides is 1. The molecule has 1 unspecified atom stereocenters. The molecule has 1 amide bonds. The fourth-order valence-electron chi connectivity index (χ4n) is 2.93. The molecule has 0 aromatic rings. The Morgan fingerprint density at radius 3 is 2.35 bits per heavy atom. The largest absolute Gasteiger partial charge is 0.342 e. The Bertz CT molecular complexity index is 404. The van der Waals surface area contributed by atoms with Crippen molar-refractivity contribution < 1.29 is 18.4 Å². The molecular formula is C14H22F2N2O2. The van der Waals surface area contributed by atoms with Crippen LogP contribution in [0.1, 0.15) is 33.1 Å². The normalized spacial score (nSPS) is 29.0. The van der Waals surface area contributed by atoms with Crippen LogP contribution >= 0.6 is 0 Å². The van der Waals surface area contributed by atoms with Crippen molar-refractivity contribution >= 4 is 11.7 Å². The summed E-state index contributed by atoms with van der Waals surface area (Å²) in [5.41, 5.74) is -0.409. The number of nitrogens with one attached hydrogen (secondary N) is 1. The van der Waals surface area contributed by atoms with Crippen LogP contribution in [-0.4, -0.2) is 48.7 Å². The third-order valence-corrected chi connectivity index (χ3v) is 4.81. The fourth-order valence-corrected chi connectivity index (χ4v) is 2.93. The van der Waals surface area contributed by atoms with Crippen molar-refractivity contribution in [1.82, 2.24) is 10.2 Å². The number of piperidine rings is 2. The first-order chi connectivity index (χ1) is 9.26.